The molecule has 3 rings (SSSR count). The average Bonchev–Trinajstić information content (AvgIpc) is 2.99. The number of imidazole rings is 1. The second kappa shape index (κ2) is 6.74. The number of hydrogen-bond donors (Lipinski definition) is 1. The number of methoxy groups -OCH3 is 1. The molecule has 2 aromatic rings. The largest absolute Gasteiger partial charge is 0.383 e. The van der Waals surface area contributed by atoms with Crippen molar-refractivity contribution in [2.75, 3.05) is 31.7 Å². The molecule has 112 valence electrons. The number of hydrogen-bond acceptors (Lipinski definition) is 4. The van der Waals surface area contributed by atoms with Crippen LogP contribution in [0.2, 0.25) is 0 Å². The van der Waals surface area contributed by atoms with Crippen LogP contribution >= 0.6 is 0 Å². The lowest BCUT2D eigenvalue weighted by Crippen LogP contribution is -2.34. The minimum atomic E-state index is 0.739. The van der Waals surface area contributed by atoms with Crippen LogP contribution in [0.25, 0.3) is 0 Å². The van der Waals surface area contributed by atoms with Crippen molar-refractivity contribution in [1.29, 1.82) is 0 Å². The Labute approximate surface area is 125 Å². The van der Waals surface area contributed by atoms with E-state index in [1.165, 1.54) is 11.3 Å². The van der Waals surface area contributed by atoms with Crippen molar-refractivity contribution in [2.45, 2.75) is 19.6 Å². The van der Waals surface area contributed by atoms with Crippen LogP contribution in [0.1, 0.15) is 11.4 Å². The molecule has 1 aromatic heterocycles. The number of fused-ring (bicyclic) bond motifs is 1. The molecule has 21 heavy (non-hydrogen) atoms. The van der Waals surface area contributed by atoms with E-state index in [4.69, 9.17) is 4.74 Å². The molecule has 2 heterocycles. The molecule has 0 aliphatic carbocycles. The van der Waals surface area contributed by atoms with Crippen molar-refractivity contribution < 1.29 is 4.74 Å². The summed E-state index contributed by atoms with van der Waals surface area (Å²) in [5.74, 6) is 1.14. The summed E-state index contributed by atoms with van der Waals surface area (Å²) in [6.45, 7) is 5.38. The number of nitrogens with one attached hydrogen (secondary N) is 1. The Balaban J connectivity index is 1.70. The molecule has 0 atom stereocenters. The maximum atomic E-state index is 5.07. The van der Waals surface area contributed by atoms with Gasteiger partial charge in [0.1, 0.15) is 5.82 Å². The Kier molecular flexibility index (Phi) is 4.52. The van der Waals surface area contributed by atoms with E-state index in [0.717, 1.165) is 45.2 Å². The van der Waals surface area contributed by atoms with Gasteiger partial charge in [0.2, 0.25) is 0 Å². The first-order chi connectivity index (χ1) is 10.4. The van der Waals surface area contributed by atoms with Gasteiger partial charge in [-0.1, -0.05) is 18.2 Å². The van der Waals surface area contributed by atoms with Gasteiger partial charge in [-0.3, -0.25) is 0 Å². The number of nitrogens with zero attached hydrogens (tertiary/aromatic N) is 3. The van der Waals surface area contributed by atoms with Crippen molar-refractivity contribution in [1.82, 2.24) is 14.9 Å². The Morgan fingerprint density at radius 1 is 1.29 bits per heavy atom. The number of anilines is 1. The van der Waals surface area contributed by atoms with E-state index in [0.29, 0.717) is 0 Å². The maximum Gasteiger partial charge on any atom is 0.128 e. The van der Waals surface area contributed by atoms with Crippen LogP contribution in [-0.4, -0.2) is 36.4 Å². The van der Waals surface area contributed by atoms with Crippen LogP contribution in [0.5, 0.6) is 0 Å². The number of benzene rings is 1. The van der Waals surface area contributed by atoms with Crippen LogP contribution < -0.4 is 10.2 Å². The van der Waals surface area contributed by atoms with Gasteiger partial charge in [-0.2, -0.15) is 0 Å². The van der Waals surface area contributed by atoms with E-state index >= 15 is 0 Å². The molecular weight excluding hydrogens is 264 g/mol. The van der Waals surface area contributed by atoms with Crippen LogP contribution in [-0.2, 0) is 24.4 Å². The van der Waals surface area contributed by atoms with Gasteiger partial charge in [0.25, 0.3) is 0 Å². The van der Waals surface area contributed by atoms with Gasteiger partial charge in [-0.25, -0.2) is 4.98 Å². The zero-order chi connectivity index (χ0) is 14.5. The second-order valence-corrected chi connectivity index (χ2v) is 5.26. The second-order valence-electron chi connectivity index (χ2n) is 5.26. The molecule has 0 saturated carbocycles. The molecule has 1 aromatic carbocycles. The van der Waals surface area contributed by atoms with Crippen LogP contribution in [0, 0.1) is 0 Å². The minimum Gasteiger partial charge on any atom is -0.383 e. The third-order valence-corrected chi connectivity index (χ3v) is 3.88. The summed E-state index contributed by atoms with van der Waals surface area (Å²) in [6.07, 6.45) is 3.95. The maximum absolute atomic E-state index is 5.07. The van der Waals surface area contributed by atoms with Crippen LogP contribution in [0.4, 0.5) is 5.69 Å². The van der Waals surface area contributed by atoms with E-state index in [1.807, 2.05) is 6.20 Å². The Morgan fingerprint density at radius 2 is 2.19 bits per heavy atom. The first-order valence-electron chi connectivity index (χ1n) is 7.41. The zero-order valence-electron chi connectivity index (χ0n) is 12.5. The SMILES string of the molecule is COCCNCc1ccccc1N1CCn2ccnc2C1. The van der Waals surface area contributed by atoms with Gasteiger partial charge in [0.05, 0.1) is 13.2 Å². The predicted molar refractivity (Wildman–Crippen MR) is 83.3 cm³/mol. The van der Waals surface area contributed by atoms with E-state index < -0.39 is 0 Å². The highest BCUT2D eigenvalue weighted by molar-refractivity contribution is 5.54. The number of rotatable bonds is 6. The lowest BCUT2D eigenvalue weighted by atomic mass is 10.1. The highest BCUT2D eigenvalue weighted by atomic mass is 16.5. The molecule has 0 spiro atoms. The average molecular weight is 286 g/mol. The molecule has 0 radical (unpaired) electrons. The van der Waals surface area contributed by atoms with Crippen molar-refractivity contribution >= 4 is 5.69 Å². The van der Waals surface area contributed by atoms with Crippen LogP contribution in [0.3, 0.4) is 0 Å². The van der Waals surface area contributed by atoms with Gasteiger partial charge < -0.3 is 19.5 Å². The summed E-state index contributed by atoms with van der Waals surface area (Å²) in [5, 5.41) is 3.42. The fourth-order valence-corrected chi connectivity index (χ4v) is 2.75. The molecule has 5 heteroatoms. The quantitative estimate of drug-likeness (QED) is 0.820. The lowest BCUT2D eigenvalue weighted by molar-refractivity contribution is 0.199. The van der Waals surface area contributed by atoms with E-state index in [1.54, 1.807) is 7.11 Å². The Hall–Kier alpha value is -1.85. The van der Waals surface area contributed by atoms with Crippen molar-refractivity contribution in [2.24, 2.45) is 0 Å². The predicted octanol–water partition coefficient (Wildman–Crippen LogP) is 1.64. The van der Waals surface area contributed by atoms with Gasteiger partial charge in [0.15, 0.2) is 0 Å². The smallest absolute Gasteiger partial charge is 0.128 e. The Bertz CT molecular complexity index is 581. The van der Waals surface area contributed by atoms with Crippen molar-refractivity contribution in [3.63, 3.8) is 0 Å². The molecule has 1 aliphatic rings. The number of aromatic nitrogens is 2. The number of ether oxygens (including phenoxy) is 1. The summed E-state index contributed by atoms with van der Waals surface area (Å²) < 4.78 is 7.30. The third-order valence-electron chi connectivity index (χ3n) is 3.88. The molecule has 0 amide bonds. The van der Waals surface area contributed by atoms with E-state index in [-0.39, 0.29) is 0 Å². The lowest BCUT2D eigenvalue weighted by Gasteiger charge is -2.31. The molecule has 0 unspecified atom stereocenters. The monoisotopic (exact) mass is 286 g/mol. The van der Waals surface area contributed by atoms with Crippen molar-refractivity contribution in [3.05, 3.63) is 48.0 Å². The van der Waals surface area contributed by atoms with Gasteiger partial charge in [-0.15, -0.1) is 0 Å². The summed E-state index contributed by atoms with van der Waals surface area (Å²) in [6, 6.07) is 8.60. The van der Waals surface area contributed by atoms with E-state index in [2.05, 4.69) is 50.2 Å². The first kappa shape index (κ1) is 14.1. The topological polar surface area (TPSA) is 42.3 Å². The molecule has 0 fully saturated rings. The van der Waals surface area contributed by atoms with Crippen molar-refractivity contribution in [3.8, 4) is 0 Å². The molecule has 1 N–H and O–H groups in total. The van der Waals surface area contributed by atoms with Gasteiger partial charge >= 0.3 is 0 Å². The highest BCUT2D eigenvalue weighted by Gasteiger charge is 2.18. The fraction of sp³-hybridized carbons (Fsp3) is 0.438. The first-order valence-corrected chi connectivity index (χ1v) is 7.41. The zero-order valence-corrected chi connectivity index (χ0v) is 12.5. The minimum absolute atomic E-state index is 0.739. The van der Waals surface area contributed by atoms with Gasteiger partial charge in [-0.05, 0) is 11.6 Å². The highest BCUT2D eigenvalue weighted by Crippen LogP contribution is 2.24. The molecule has 1 aliphatic heterocycles. The normalized spacial score (nSPS) is 14.2. The standard InChI is InChI=1S/C16H22N4O/c1-21-11-7-17-12-14-4-2-3-5-15(14)20-10-9-19-8-6-18-16(19)13-20/h2-6,8,17H,7,9-13H2,1H3. The summed E-state index contributed by atoms with van der Waals surface area (Å²) >= 11 is 0. The molecule has 5 nitrogen and oxygen atoms in total. The number of para-hydroxylation sites is 1. The molecule has 0 saturated heterocycles. The summed E-state index contributed by atoms with van der Waals surface area (Å²) in [7, 11) is 1.73. The third kappa shape index (κ3) is 3.25. The Morgan fingerprint density at radius 3 is 3.10 bits per heavy atom. The molecular formula is C16H22N4O. The van der Waals surface area contributed by atoms with Gasteiger partial charge in [0, 0.05) is 51.4 Å². The van der Waals surface area contributed by atoms with Crippen LogP contribution in [0.15, 0.2) is 36.7 Å². The summed E-state index contributed by atoms with van der Waals surface area (Å²) in [4.78, 5) is 6.85. The summed E-state index contributed by atoms with van der Waals surface area (Å²) in [5.41, 5.74) is 2.63. The molecule has 0 bridgehead atoms. The fourth-order valence-electron chi connectivity index (χ4n) is 2.75. The van der Waals surface area contributed by atoms with E-state index in [9.17, 15) is 0 Å².